The topological polar surface area (TPSA) is 58.6 Å². The highest BCUT2D eigenvalue weighted by Crippen LogP contribution is 2.76. The molecule has 1 N–H and O–H groups in total. The smallest absolute Gasteiger partial charge is 0.242 e. The Kier molecular flexibility index (Phi) is 2.93. The fourth-order valence-electron chi connectivity index (χ4n) is 3.55. The quantitative estimate of drug-likeness (QED) is 0.909. The second-order valence-electron chi connectivity index (χ2n) is 6.64. The van der Waals surface area contributed by atoms with Gasteiger partial charge in [-0.15, -0.1) is 0 Å². The van der Waals surface area contributed by atoms with Crippen molar-refractivity contribution in [3.8, 4) is 5.75 Å². The maximum atomic E-state index is 12.7. The van der Waals surface area contributed by atoms with Gasteiger partial charge >= 0.3 is 0 Å². The standard InChI is InChI=1S/C17H20N2O3/c1-18-15(20)14-7-13(22-12-5-3-2-4-6-12)10-19(14)16(21)17-8-11(17)9-17/h2-6,11,13-14H,7-10H2,1H3,(H,18,20)/t11?,13-,14-,17?/m0/s1. The Morgan fingerprint density at radius 3 is 2.55 bits per heavy atom. The molecule has 1 aromatic rings. The maximum Gasteiger partial charge on any atom is 0.242 e. The molecule has 2 amide bonds. The molecule has 3 aliphatic rings. The zero-order valence-corrected chi connectivity index (χ0v) is 12.6. The van der Waals surface area contributed by atoms with E-state index in [1.807, 2.05) is 30.3 Å². The average molecular weight is 300 g/mol. The van der Waals surface area contributed by atoms with E-state index < -0.39 is 6.04 Å². The maximum absolute atomic E-state index is 12.7. The van der Waals surface area contributed by atoms with Crippen molar-refractivity contribution >= 4 is 11.8 Å². The number of hydrogen-bond donors (Lipinski definition) is 1. The van der Waals surface area contributed by atoms with Crippen LogP contribution in [-0.4, -0.2) is 42.5 Å². The van der Waals surface area contributed by atoms with Crippen LogP contribution in [-0.2, 0) is 9.59 Å². The van der Waals surface area contributed by atoms with Crippen molar-refractivity contribution in [3.63, 3.8) is 0 Å². The summed E-state index contributed by atoms with van der Waals surface area (Å²) < 4.78 is 5.95. The zero-order chi connectivity index (χ0) is 15.3. The number of ether oxygens (including phenoxy) is 1. The Balaban J connectivity index is 1.49. The fourth-order valence-corrected chi connectivity index (χ4v) is 3.55. The molecule has 0 bridgehead atoms. The van der Waals surface area contributed by atoms with Gasteiger partial charge in [-0.1, -0.05) is 18.2 Å². The van der Waals surface area contributed by atoms with E-state index in [0.717, 1.165) is 18.6 Å². The van der Waals surface area contributed by atoms with Crippen LogP contribution in [0.3, 0.4) is 0 Å². The number of fused-ring (bicyclic) bond motifs is 1. The molecule has 3 fully saturated rings. The number of nitrogens with zero attached hydrogens (tertiary/aromatic N) is 1. The minimum absolute atomic E-state index is 0.0956. The van der Waals surface area contributed by atoms with Crippen molar-refractivity contribution in [2.45, 2.75) is 31.4 Å². The molecule has 2 saturated carbocycles. The van der Waals surface area contributed by atoms with Crippen LogP contribution in [0.15, 0.2) is 30.3 Å². The van der Waals surface area contributed by atoms with Gasteiger partial charge in [0.1, 0.15) is 17.9 Å². The Morgan fingerprint density at radius 2 is 1.95 bits per heavy atom. The van der Waals surface area contributed by atoms with Crippen molar-refractivity contribution in [2.24, 2.45) is 11.3 Å². The van der Waals surface area contributed by atoms with Gasteiger partial charge in [-0.05, 0) is 30.9 Å². The summed E-state index contributed by atoms with van der Waals surface area (Å²) >= 11 is 0. The molecule has 1 aliphatic heterocycles. The molecule has 0 spiro atoms. The highest BCUT2D eigenvalue weighted by molar-refractivity contribution is 5.94. The van der Waals surface area contributed by atoms with E-state index in [2.05, 4.69) is 5.32 Å². The van der Waals surface area contributed by atoms with Gasteiger partial charge in [0.25, 0.3) is 0 Å². The molecule has 1 saturated heterocycles. The molecule has 4 rings (SSSR count). The molecule has 0 radical (unpaired) electrons. The van der Waals surface area contributed by atoms with Crippen LogP contribution in [0.25, 0.3) is 0 Å². The van der Waals surface area contributed by atoms with Gasteiger partial charge in [-0.2, -0.15) is 0 Å². The average Bonchev–Trinajstić information content (AvgIpc) is 3.36. The summed E-state index contributed by atoms with van der Waals surface area (Å²) in [5, 5.41) is 2.67. The van der Waals surface area contributed by atoms with Gasteiger partial charge < -0.3 is 15.0 Å². The normalized spacial score (nSPS) is 34.8. The second kappa shape index (κ2) is 4.73. The van der Waals surface area contributed by atoms with E-state index >= 15 is 0 Å². The molecule has 2 aliphatic carbocycles. The van der Waals surface area contributed by atoms with Gasteiger partial charge in [-0.3, -0.25) is 9.59 Å². The molecule has 22 heavy (non-hydrogen) atoms. The Bertz CT molecular complexity index is 610. The summed E-state index contributed by atoms with van der Waals surface area (Å²) in [5.74, 6) is 1.43. The molecule has 1 heterocycles. The minimum atomic E-state index is -0.401. The zero-order valence-electron chi connectivity index (χ0n) is 12.6. The molecule has 116 valence electrons. The molecule has 5 heteroatoms. The van der Waals surface area contributed by atoms with Gasteiger partial charge in [0.2, 0.25) is 11.8 Å². The highest BCUT2D eigenvalue weighted by atomic mass is 16.5. The van der Waals surface area contributed by atoms with Crippen LogP contribution in [0.4, 0.5) is 0 Å². The summed E-state index contributed by atoms with van der Waals surface area (Å²) in [6.45, 7) is 0.500. The number of likely N-dealkylation sites (tertiary alicyclic amines) is 1. The van der Waals surface area contributed by atoms with Crippen molar-refractivity contribution < 1.29 is 14.3 Å². The number of para-hydroxylation sites is 1. The summed E-state index contributed by atoms with van der Waals surface area (Å²) in [4.78, 5) is 26.6. The first-order chi connectivity index (χ1) is 10.6. The fraction of sp³-hybridized carbons (Fsp3) is 0.529. The van der Waals surface area contributed by atoms with Crippen molar-refractivity contribution in [3.05, 3.63) is 30.3 Å². The lowest BCUT2D eigenvalue weighted by Crippen LogP contribution is -2.46. The summed E-state index contributed by atoms with van der Waals surface area (Å²) in [5.41, 5.74) is -0.103. The van der Waals surface area contributed by atoms with Gasteiger partial charge in [0.15, 0.2) is 0 Å². The molecule has 1 aromatic carbocycles. The van der Waals surface area contributed by atoms with Crippen LogP contribution < -0.4 is 10.1 Å². The van der Waals surface area contributed by atoms with E-state index in [4.69, 9.17) is 4.74 Å². The molecule has 0 aromatic heterocycles. The minimum Gasteiger partial charge on any atom is -0.488 e. The van der Waals surface area contributed by atoms with Crippen LogP contribution in [0.2, 0.25) is 0 Å². The molecule has 5 nitrogen and oxygen atoms in total. The SMILES string of the molecule is CNC(=O)[C@@H]1C[C@H](Oc2ccccc2)CN1C(=O)C12CC1C2. The highest BCUT2D eigenvalue weighted by Gasteiger charge is 2.76. The van der Waals surface area contributed by atoms with Crippen molar-refractivity contribution in [1.29, 1.82) is 0 Å². The number of hydrogen-bond acceptors (Lipinski definition) is 3. The lowest BCUT2D eigenvalue weighted by Gasteiger charge is -2.24. The van der Waals surface area contributed by atoms with Crippen LogP contribution >= 0.6 is 0 Å². The van der Waals surface area contributed by atoms with E-state index in [9.17, 15) is 9.59 Å². The largest absolute Gasteiger partial charge is 0.488 e. The van der Waals surface area contributed by atoms with E-state index in [-0.39, 0.29) is 23.3 Å². The lowest BCUT2D eigenvalue weighted by molar-refractivity contribution is -0.140. The van der Waals surface area contributed by atoms with E-state index in [1.165, 1.54) is 0 Å². The number of amides is 2. The number of carbonyl (C=O) groups excluding carboxylic acids is 2. The number of nitrogens with one attached hydrogen (secondary N) is 1. The van der Waals surface area contributed by atoms with Crippen LogP contribution in [0, 0.1) is 11.3 Å². The molecule has 2 atom stereocenters. The monoisotopic (exact) mass is 300 g/mol. The molecular formula is C17H20N2O3. The third-order valence-electron chi connectivity index (χ3n) is 5.23. The van der Waals surface area contributed by atoms with E-state index in [0.29, 0.717) is 18.9 Å². The van der Waals surface area contributed by atoms with Crippen LogP contribution in [0.5, 0.6) is 5.75 Å². The molecule has 0 unspecified atom stereocenters. The van der Waals surface area contributed by atoms with Crippen LogP contribution in [0.1, 0.15) is 19.3 Å². The van der Waals surface area contributed by atoms with E-state index in [1.54, 1.807) is 11.9 Å². The number of benzene rings is 1. The van der Waals surface area contributed by atoms with Crippen molar-refractivity contribution in [1.82, 2.24) is 10.2 Å². The first-order valence-electron chi connectivity index (χ1n) is 7.88. The van der Waals surface area contributed by atoms with Gasteiger partial charge in [0.05, 0.1) is 12.0 Å². The Labute approximate surface area is 129 Å². The number of likely N-dealkylation sites (N-methyl/N-ethyl adjacent to an activating group) is 1. The number of carbonyl (C=O) groups is 2. The summed E-state index contributed by atoms with van der Waals surface area (Å²) in [7, 11) is 1.62. The summed E-state index contributed by atoms with van der Waals surface area (Å²) in [6.07, 6.45) is 2.45. The second-order valence-corrected chi connectivity index (χ2v) is 6.64. The third-order valence-corrected chi connectivity index (χ3v) is 5.23. The van der Waals surface area contributed by atoms with Gasteiger partial charge in [0, 0.05) is 13.5 Å². The first kappa shape index (κ1) is 13.6. The number of rotatable bonds is 4. The van der Waals surface area contributed by atoms with Gasteiger partial charge in [-0.25, -0.2) is 0 Å². The first-order valence-corrected chi connectivity index (χ1v) is 7.88. The molecular weight excluding hydrogens is 280 g/mol. The Hall–Kier alpha value is -2.04. The Morgan fingerprint density at radius 1 is 1.27 bits per heavy atom. The predicted molar refractivity (Wildman–Crippen MR) is 80.2 cm³/mol. The van der Waals surface area contributed by atoms with Crippen molar-refractivity contribution in [2.75, 3.05) is 13.6 Å². The summed E-state index contributed by atoms with van der Waals surface area (Å²) in [6, 6.07) is 9.17. The predicted octanol–water partition coefficient (Wildman–Crippen LogP) is 1.19. The third kappa shape index (κ3) is 2.07. The lowest BCUT2D eigenvalue weighted by atomic mass is 10.1.